The second-order valence-electron chi connectivity index (χ2n) is 7.99. The fourth-order valence-corrected chi connectivity index (χ4v) is 3.86. The van der Waals surface area contributed by atoms with Crippen LogP contribution in [0.25, 0.3) is 0 Å². The second kappa shape index (κ2) is 12.3. The van der Waals surface area contributed by atoms with E-state index in [0.717, 1.165) is 49.4 Å². The Kier molecular flexibility index (Phi) is 9.15. The first-order valence-electron chi connectivity index (χ1n) is 11.6. The number of carbonyl (C=O) groups excluding carboxylic acids is 2. The fourth-order valence-electron chi connectivity index (χ4n) is 3.86. The topological polar surface area (TPSA) is 104 Å². The monoisotopic (exact) mass is 445 g/mol. The number of benzene rings is 1. The highest BCUT2D eigenvalue weighted by atomic mass is 16.6. The first-order chi connectivity index (χ1) is 15.6. The third-order valence-corrected chi connectivity index (χ3v) is 5.54. The molecule has 3 rings (SSSR count). The standard InChI is InChI=1S/C23H35N5O4/c1-3-24-22(27-18-10-12-28(13-11-18)23(30)31-4-2)25-16-17-7-5-8-19(15-17)26-21(29)20-9-6-14-32-20/h5,7-8,15,18,20H,3-4,6,9-14,16H2,1-2H3,(H,26,29)(H2,24,25,27). The maximum Gasteiger partial charge on any atom is 0.409 e. The number of ether oxygens (including phenoxy) is 2. The van der Waals surface area contributed by atoms with Crippen molar-refractivity contribution in [1.82, 2.24) is 15.5 Å². The van der Waals surface area contributed by atoms with Crippen LogP contribution < -0.4 is 16.0 Å². The van der Waals surface area contributed by atoms with Crippen LogP contribution in [-0.4, -0.2) is 67.9 Å². The maximum absolute atomic E-state index is 12.3. The van der Waals surface area contributed by atoms with Crippen LogP contribution in [0.2, 0.25) is 0 Å². The summed E-state index contributed by atoms with van der Waals surface area (Å²) >= 11 is 0. The summed E-state index contributed by atoms with van der Waals surface area (Å²) in [5, 5.41) is 9.70. The summed E-state index contributed by atoms with van der Waals surface area (Å²) in [5.74, 6) is 0.656. The lowest BCUT2D eigenvalue weighted by atomic mass is 10.1. The Hall–Kier alpha value is -2.81. The number of hydrogen-bond donors (Lipinski definition) is 3. The Bertz CT molecular complexity index is 786. The summed E-state index contributed by atoms with van der Waals surface area (Å²) in [7, 11) is 0. The van der Waals surface area contributed by atoms with Gasteiger partial charge in [-0.05, 0) is 57.2 Å². The summed E-state index contributed by atoms with van der Waals surface area (Å²) < 4.78 is 10.5. The highest BCUT2D eigenvalue weighted by molar-refractivity contribution is 5.94. The van der Waals surface area contributed by atoms with E-state index in [9.17, 15) is 9.59 Å². The first kappa shape index (κ1) is 23.8. The lowest BCUT2D eigenvalue weighted by Gasteiger charge is -2.32. The zero-order valence-electron chi connectivity index (χ0n) is 19.1. The number of rotatable bonds is 7. The number of piperidine rings is 1. The van der Waals surface area contributed by atoms with Gasteiger partial charge in [0.25, 0.3) is 5.91 Å². The summed E-state index contributed by atoms with van der Waals surface area (Å²) in [5.41, 5.74) is 1.76. The van der Waals surface area contributed by atoms with Crippen LogP contribution in [0.15, 0.2) is 29.3 Å². The minimum Gasteiger partial charge on any atom is -0.450 e. The molecule has 2 amide bonds. The number of anilines is 1. The molecule has 9 heteroatoms. The van der Waals surface area contributed by atoms with E-state index in [0.29, 0.717) is 32.8 Å². The van der Waals surface area contributed by atoms with E-state index in [4.69, 9.17) is 14.5 Å². The van der Waals surface area contributed by atoms with Crippen molar-refractivity contribution in [3.63, 3.8) is 0 Å². The van der Waals surface area contributed by atoms with Crippen LogP contribution in [0, 0.1) is 0 Å². The predicted molar refractivity (Wildman–Crippen MR) is 124 cm³/mol. The molecule has 2 aliphatic rings. The van der Waals surface area contributed by atoms with Gasteiger partial charge >= 0.3 is 6.09 Å². The Balaban J connectivity index is 1.52. The molecule has 32 heavy (non-hydrogen) atoms. The molecule has 1 aromatic carbocycles. The molecule has 2 heterocycles. The molecule has 176 valence electrons. The van der Waals surface area contributed by atoms with E-state index in [1.165, 1.54) is 0 Å². The molecule has 1 atom stereocenters. The number of guanidine groups is 1. The van der Waals surface area contributed by atoms with Gasteiger partial charge in [-0.2, -0.15) is 0 Å². The predicted octanol–water partition coefficient (Wildman–Crippen LogP) is 2.48. The van der Waals surface area contributed by atoms with E-state index < -0.39 is 0 Å². The van der Waals surface area contributed by atoms with Gasteiger partial charge in [0.1, 0.15) is 6.10 Å². The summed E-state index contributed by atoms with van der Waals surface area (Å²) in [6.07, 6.45) is 2.79. The zero-order chi connectivity index (χ0) is 22.8. The van der Waals surface area contributed by atoms with Crippen molar-refractivity contribution >= 4 is 23.6 Å². The van der Waals surface area contributed by atoms with Gasteiger partial charge in [-0.1, -0.05) is 12.1 Å². The van der Waals surface area contributed by atoms with Crippen molar-refractivity contribution in [2.24, 2.45) is 4.99 Å². The highest BCUT2D eigenvalue weighted by Crippen LogP contribution is 2.17. The van der Waals surface area contributed by atoms with Crippen LogP contribution in [0.3, 0.4) is 0 Å². The average Bonchev–Trinajstić information content (AvgIpc) is 3.34. The van der Waals surface area contributed by atoms with Gasteiger partial charge in [-0.3, -0.25) is 4.79 Å². The number of nitrogens with zero attached hydrogens (tertiary/aromatic N) is 2. The summed E-state index contributed by atoms with van der Waals surface area (Å²) in [6.45, 7) is 7.47. The van der Waals surface area contributed by atoms with Crippen LogP contribution in [0.5, 0.6) is 0 Å². The van der Waals surface area contributed by atoms with Crippen LogP contribution in [0.1, 0.15) is 45.1 Å². The summed E-state index contributed by atoms with van der Waals surface area (Å²) in [4.78, 5) is 30.6. The lowest BCUT2D eigenvalue weighted by molar-refractivity contribution is -0.124. The smallest absolute Gasteiger partial charge is 0.409 e. The van der Waals surface area contributed by atoms with Crippen molar-refractivity contribution in [3.8, 4) is 0 Å². The van der Waals surface area contributed by atoms with Gasteiger partial charge < -0.3 is 30.3 Å². The fraction of sp³-hybridized carbons (Fsp3) is 0.609. The minimum atomic E-state index is -0.350. The van der Waals surface area contributed by atoms with Gasteiger partial charge in [-0.15, -0.1) is 0 Å². The third-order valence-electron chi connectivity index (χ3n) is 5.54. The molecule has 0 bridgehead atoms. The molecule has 1 unspecified atom stereocenters. The number of amides is 2. The van der Waals surface area contributed by atoms with Gasteiger partial charge in [-0.25, -0.2) is 9.79 Å². The lowest BCUT2D eigenvalue weighted by Crippen LogP contribution is -2.49. The first-order valence-corrected chi connectivity index (χ1v) is 11.6. The molecule has 2 aliphatic heterocycles. The molecular weight excluding hydrogens is 410 g/mol. The molecule has 0 saturated carbocycles. The normalized spacial score (nSPS) is 19.5. The van der Waals surface area contributed by atoms with Gasteiger partial charge in [0, 0.05) is 38.0 Å². The zero-order valence-corrected chi connectivity index (χ0v) is 19.1. The second-order valence-corrected chi connectivity index (χ2v) is 7.99. The van der Waals surface area contributed by atoms with E-state index in [2.05, 4.69) is 16.0 Å². The number of likely N-dealkylation sites (tertiary alicyclic amines) is 1. The Morgan fingerprint density at radius 1 is 1.22 bits per heavy atom. The number of aliphatic imine (C=N–C) groups is 1. The van der Waals surface area contributed by atoms with Crippen molar-refractivity contribution in [2.75, 3.05) is 38.2 Å². The Labute approximate surface area is 189 Å². The molecule has 9 nitrogen and oxygen atoms in total. The molecular formula is C23H35N5O4. The van der Waals surface area contributed by atoms with Crippen molar-refractivity contribution in [1.29, 1.82) is 0 Å². The van der Waals surface area contributed by atoms with E-state index in [-0.39, 0.29) is 24.1 Å². The van der Waals surface area contributed by atoms with Crippen LogP contribution in [0.4, 0.5) is 10.5 Å². The number of nitrogens with one attached hydrogen (secondary N) is 3. The van der Waals surface area contributed by atoms with Crippen molar-refractivity contribution in [2.45, 2.75) is 58.2 Å². The quantitative estimate of drug-likeness (QED) is 0.440. The van der Waals surface area contributed by atoms with E-state index in [1.54, 1.807) is 4.90 Å². The molecule has 1 aromatic rings. The van der Waals surface area contributed by atoms with Crippen molar-refractivity contribution in [3.05, 3.63) is 29.8 Å². The molecule has 2 saturated heterocycles. The largest absolute Gasteiger partial charge is 0.450 e. The van der Waals surface area contributed by atoms with Gasteiger partial charge in [0.05, 0.1) is 13.2 Å². The van der Waals surface area contributed by atoms with Crippen molar-refractivity contribution < 1.29 is 19.1 Å². The van der Waals surface area contributed by atoms with Crippen LogP contribution in [-0.2, 0) is 20.8 Å². The molecule has 0 aliphatic carbocycles. The SMILES string of the molecule is CCNC(=NCc1cccc(NC(=O)C2CCCO2)c1)NC1CCN(C(=O)OCC)CC1. The van der Waals surface area contributed by atoms with Gasteiger partial charge in [0.15, 0.2) is 5.96 Å². The maximum atomic E-state index is 12.3. The molecule has 0 spiro atoms. The van der Waals surface area contributed by atoms with E-state index >= 15 is 0 Å². The third kappa shape index (κ3) is 7.12. The number of hydrogen-bond acceptors (Lipinski definition) is 5. The minimum absolute atomic E-state index is 0.0904. The highest BCUT2D eigenvalue weighted by Gasteiger charge is 2.24. The molecule has 0 aromatic heterocycles. The molecule has 2 fully saturated rings. The van der Waals surface area contributed by atoms with Crippen LogP contribution >= 0.6 is 0 Å². The number of carbonyl (C=O) groups is 2. The Morgan fingerprint density at radius 2 is 2.03 bits per heavy atom. The average molecular weight is 446 g/mol. The Morgan fingerprint density at radius 3 is 2.72 bits per heavy atom. The molecule has 3 N–H and O–H groups in total. The molecule has 0 radical (unpaired) electrons. The summed E-state index contributed by atoms with van der Waals surface area (Å²) in [6, 6.07) is 7.97. The van der Waals surface area contributed by atoms with Gasteiger partial charge in [0.2, 0.25) is 0 Å². The van der Waals surface area contributed by atoms with E-state index in [1.807, 2.05) is 38.1 Å².